The summed E-state index contributed by atoms with van der Waals surface area (Å²) in [5.41, 5.74) is 2.85. The van der Waals surface area contributed by atoms with Gasteiger partial charge in [0.05, 0.1) is 12.5 Å². The number of fused-ring (bicyclic) bond motifs is 1. The lowest BCUT2D eigenvalue weighted by Gasteiger charge is -2.32. The second-order valence-corrected chi connectivity index (χ2v) is 9.06. The molecule has 4 rings (SSSR count). The number of carbonyl (C=O) groups excluding carboxylic acids is 2. The molecule has 1 unspecified atom stereocenters. The average Bonchev–Trinajstić information content (AvgIpc) is 3.22. The van der Waals surface area contributed by atoms with Crippen molar-refractivity contribution in [1.29, 1.82) is 0 Å². The van der Waals surface area contributed by atoms with Crippen molar-refractivity contribution in [2.75, 3.05) is 5.32 Å². The van der Waals surface area contributed by atoms with Gasteiger partial charge in [0, 0.05) is 29.0 Å². The van der Waals surface area contributed by atoms with Crippen LogP contribution < -0.4 is 5.32 Å². The lowest BCUT2D eigenvalue weighted by atomic mass is 9.93. The van der Waals surface area contributed by atoms with Crippen LogP contribution in [0.25, 0.3) is 6.08 Å². The molecule has 2 aromatic rings. The van der Waals surface area contributed by atoms with Gasteiger partial charge in [-0.2, -0.15) is 0 Å². The van der Waals surface area contributed by atoms with Crippen LogP contribution in [-0.4, -0.2) is 22.0 Å². The largest absolute Gasteiger partial charge is 0.326 e. The normalized spacial score (nSPS) is 18.5. The molecule has 0 bridgehead atoms. The highest BCUT2D eigenvalue weighted by atomic mass is 32.2. The number of thioether (sulfide) groups is 1. The number of benzene rings is 2. The Labute approximate surface area is 176 Å². The monoisotopic (exact) mass is 406 g/mol. The van der Waals surface area contributed by atoms with E-state index in [-0.39, 0.29) is 24.3 Å². The minimum absolute atomic E-state index is 0.0677. The first-order valence-electron chi connectivity index (χ1n) is 10.2. The molecule has 1 saturated carbocycles. The van der Waals surface area contributed by atoms with E-state index in [0.29, 0.717) is 0 Å². The Morgan fingerprint density at radius 2 is 1.79 bits per heavy atom. The fourth-order valence-corrected chi connectivity index (χ4v) is 5.36. The number of hydrogen-bond donors (Lipinski definition) is 1. The molecule has 1 aliphatic carbocycles. The molecule has 0 aromatic heterocycles. The van der Waals surface area contributed by atoms with Crippen molar-refractivity contribution in [2.24, 2.45) is 0 Å². The highest BCUT2D eigenvalue weighted by Gasteiger charge is 2.28. The molecule has 5 heteroatoms. The Bertz CT molecular complexity index is 917. The SMILES string of the molecule is CC(=O)N1C=Cc2ccccc2C1CC(=O)Nc1ccc(SC2CCCC2)cc1. The first kappa shape index (κ1) is 19.8. The van der Waals surface area contributed by atoms with E-state index in [4.69, 9.17) is 0 Å². The van der Waals surface area contributed by atoms with Gasteiger partial charge in [-0.1, -0.05) is 37.1 Å². The van der Waals surface area contributed by atoms with Crippen molar-refractivity contribution in [3.63, 3.8) is 0 Å². The van der Waals surface area contributed by atoms with Gasteiger partial charge in [-0.3, -0.25) is 9.59 Å². The molecule has 0 radical (unpaired) electrons. The summed E-state index contributed by atoms with van der Waals surface area (Å²) in [7, 11) is 0. The van der Waals surface area contributed by atoms with Crippen LogP contribution in [0.5, 0.6) is 0 Å². The van der Waals surface area contributed by atoms with E-state index in [1.165, 1.54) is 37.5 Å². The standard InChI is InChI=1S/C24H26N2O2S/c1-17(27)26-15-14-18-6-2-5-9-22(18)23(26)16-24(28)25-19-10-12-21(13-11-19)29-20-7-3-4-8-20/h2,5-6,9-15,20,23H,3-4,7-8,16H2,1H3,(H,25,28). The molecular formula is C24H26N2O2S. The van der Waals surface area contributed by atoms with E-state index >= 15 is 0 Å². The molecular weight excluding hydrogens is 380 g/mol. The molecule has 2 aliphatic rings. The molecule has 0 saturated heterocycles. The van der Waals surface area contributed by atoms with E-state index in [1.54, 1.807) is 11.1 Å². The lowest BCUT2D eigenvalue weighted by Crippen LogP contribution is -2.33. The van der Waals surface area contributed by atoms with Crippen LogP contribution in [-0.2, 0) is 9.59 Å². The molecule has 1 heterocycles. The second-order valence-electron chi connectivity index (χ2n) is 7.69. The van der Waals surface area contributed by atoms with Gasteiger partial charge >= 0.3 is 0 Å². The number of rotatable bonds is 5. The van der Waals surface area contributed by atoms with E-state index < -0.39 is 0 Å². The summed E-state index contributed by atoms with van der Waals surface area (Å²) in [6.07, 6.45) is 9.19. The van der Waals surface area contributed by atoms with Crippen molar-refractivity contribution >= 4 is 35.3 Å². The zero-order chi connectivity index (χ0) is 20.2. The quantitative estimate of drug-likeness (QED) is 0.701. The van der Waals surface area contributed by atoms with Crippen LogP contribution in [0.2, 0.25) is 0 Å². The third kappa shape index (κ3) is 4.73. The van der Waals surface area contributed by atoms with Crippen molar-refractivity contribution in [2.45, 2.75) is 55.2 Å². The molecule has 4 nitrogen and oxygen atoms in total. The van der Waals surface area contributed by atoms with E-state index in [2.05, 4.69) is 17.4 Å². The predicted molar refractivity (Wildman–Crippen MR) is 119 cm³/mol. The van der Waals surface area contributed by atoms with Gasteiger partial charge in [0.25, 0.3) is 0 Å². The van der Waals surface area contributed by atoms with Gasteiger partial charge in [0.15, 0.2) is 0 Å². The lowest BCUT2D eigenvalue weighted by molar-refractivity contribution is -0.129. The van der Waals surface area contributed by atoms with Crippen molar-refractivity contribution in [3.8, 4) is 0 Å². The number of nitrogens with zero attached hydrogens (tertiary/aromatic N) is 1. The Morgan fingerprint density at radius 1 is 1.07 bits per heavy atom. The Morgan fingerprint density at radius 3 is 2.52 bits per heavy atom. The molecule has 2 amide bonds. The summed E-state index contributed by atoms with van der Waals surface area (Å²) in [5.74, 6) is -0.163. The van der Waals surface area contributed by atoms with Gasteiger partial charge in [0.1, 0.15) is 0 Å². The van der Waals surface area contributed by atoms with Crippen LogP contribution in [0.3, 0.4) is 0 Å². The summed E-state index contributed by atoms with van der Waals surface area (Å²) in [5, 5.41) is 3.72. The maximum Gasteiger partial charge on any atom is 0.226 e. The van der Waals surface area contributed by atoms with Gasteiger partial charge < -0.3 is 10.2 Å². The summed E-state index contributed by atoms with van der Waals surface area (Å²) in [4.78, 5) is 27.7. The summed E-state index contributed by atoms with van der Waals surface area (Å²) >= 11 is 1.94. The minimum Gasteiger partial charge on any atom is -0.326 e. The smallest absolute Gasteiger partial charge is 0.226 e. The van der Waals surface area contributed by atoms with Gasteiger partial charge in [-0.15, -0.1) is 11.8 Å². The van der Waals surface area contributed by atoms with E-state index in [1.807, 2.05) is 54.2 Å². The number of nitrogens with one attached hydrogen (secondary N) is 1. The average molecular weight is 407 g/mol. The predicted octanol–water partition coefficient (Wildman–Crippen LogP) is 5.62. The summed E-state index contributed by atoms with van der Waals surface area (Å²) in [6.45, 7) is 1.53. The first-order valence-corrected chi connectivity index (χ1v) is 11.1. The van der Waals surface area contributed by atoms with Crippen LogP contribution in [0.15, 0.2) is 59.6 Å². The van der Waals surface area contributed by atoms with Crippen LogP contribution in [0.1, 0.15) is 56.2 Å². The zero-order valence-corrected chi connectivity index (χ0v) is 17.5. The fraction of sp³-hybridized carbons (Fsp3) is 0.333. The zero-order valence-electron chi connectivity index (χ0n) is 16.6. The topological polar surface area (TPSA) is 49.4 Å². The molecule has 2 aromatic carbocycles. The second kappa shape index (κ2) is 8.87. The van der Waals surface area contributed by atoms with Gasteiger partial charge in [-0.25, -0.2) is 0 Å². The highest BCUT2D eigenvalue weighted by molar-refractivity contribution is 8.00. The van der Waals surface area contributed by atoms with Crippen LogP contribution in [0, 0.1) is 0 Å². The summed E-state index contributed by atoms with van der Waals surface area (Å²) in [6, 6.07) is 15.7. The molecule has 1 aliphatic heterocycles. The van der Waals surface area contributed by atoms with Crippen LogP contribution in [0.4, 0.5) is 5.69 Å². The maximum absolute atomic E-state index is 12.7. The Kier molecular flexibility index (Phi) is 6.05. The van der Waals surface area contributed by atoms with E-state index in [9.17, 15) is 9.59 Å². The third-order valence-corrected chi connectivity index (χ3v) is 6.94. The van der Waals surface area contributed by atoms with Crippen molar-refractivity contribution in [3.05, 3.63) is 65.9 Å². The maximum atomic E-state index is 12.7. The Balaban J connectivity index is 1.41. The van der Waals surface area contributed by atoms with Crippen molar-refractivity contribution in [1.82, 2.24) is 4.90 Å². The number of amides is 2. The minimum atomic E-state index is -0.286. The molecule has 0 spiro atoms. The molecule has 1 fully saturated rings. The van der Waals surface area contributed by atoms with Crippen LogP contribution >= 0.6 is 11.8 Å². The molecule has 29 heavy (non-hydrogen) atoms. The first-order chi connectivity index (χ1) is 14.1. The van der Waals surface area contributed by atoms with E-state index in [0.717, 1.165) is 22.1 Å². The van der Waals surface area contributed by atoms with Crippen molar-refractivity contribution < 1.29 is 9.59 Å². The fourth-order valence-electron chi connectivity index (χ4n) is 4.12. The number of carbonyl (C=O) groups is 2. The molecule has 1 atom stereocenters. The Hall–Kier alpha value is -2.53. The highest BCUT2D eigenvalue weighted by Crippen LogP contribution is 2.35. The molecule has 1 N–H and O–H groups in total. The third-order valence-electron chi connectivity index (χ3n) is 5.59. The van der Waals surface area contributed by atoms with Gasteiger partial charge in [-0.05, 0) is 54.3 Å². The number of anilines is 1. The summed E-state index contributed by atoms with van der Waals surface area (Å²) < 4.78 is 0. The number of hydrogen-bond acceptors (Lipinski definition) is 3. The van der Waals surface area contributed by atoms with Gasteiger partial charge in [0.2, 0.25) is 11.8 Å². The molecule has 150 valence electrons.